The Morgan fingerprint density at radius 1 is 1.20 bits per heavy atom. The monoisotopic (exact) mass is 380 g/mol. The van der Waals surface area contributed by atoms with Gasteiger partial charge in [0.05, 0.1) is 31.2 Å². The molecule has 2 aromatic carbocycles. The fraction of sp³-hybridized carbons (Fsp3) is 0.316. The minimum atomic E-state index is -0.298. The van der Waals surface area contributed by atoms with Gasteiger partial charge in [-0.25, -0.2) is 4.39 Å². The number of aryl methyl sites for hydroxylation is 2. The second kappa shape index (κ2) is 8.61. The molecule has 0 radical (unpaired) electrons. The van der Waals surface area contributed by atoms with Gasteiger partial charge < -0.3 is 15.5 Å². The lowest BCUT2D eigenvalue weighted by atomic mass is 10.1. The number of quaternary nitrogens is 1. The van der Waals surface area contributed by atoms with Gasteiger partial charge in [-0.15, -0.1) is 0 Å². The molecule has 2 aromatic rings. The predicted octanol–water partition coefficient (Wildman–Crippen LogP) is 3.27. The number of benzene rings is 2. The number of thiocarbonyl (C=S) groups is 1. The summed E-state index contributed by atoms with van der Waals surface area (Å²) in [4.78, 5) is 1.06. The van der Waals surface area contributed by atoms with E-state index in [2.05, 4.69) is 24.5 Å². The first-order chi connectivity index (χ1) is 11.8. The van der Waals surface area contributed by atoms with Crippen molar-refractivity contribution in [2.75, 3.05) is 26.0 Å². The van der Waals surface area contributed by atoms with Crippen LogP contribution >= 0.6 is 23.8 Å². The highest BCUT2D eigenvalue weighted by molar-refractivity contribution is 7.80. The van der Waals surface area contributed by atoms with E-state index in [-0.39, 0.29) is 11.9 Å². The van der Waals surface area contributed by atoms with Crippen molar-refractivity contribution < 1.29 is 9.29 Å². The lowest BCUT2D eigenvalue weighted by molar-refractivity contribution is -0.890. The highest BCUT2D eigenvalue weighted by Gasteiger charge is 2.24. The first kappa shape index (κ1) is 19.6. The predicted molar refractivity (Wildman–Crippen MR) is 107 cm³/mol. The zero-order valence-electron chi connectivity index (χ0n) is 14.9. The number of anilines is 1. The normalized spacial score (nSPS) is 12.1. The number of rotatable bonds is 5. The Hall–Kier alpha value is -1.69. The summed E-state index contributed by atoms with van der Waals surface area (Å²) in [5.41, 5.74) is 3.86. The van der Waals surface area contributed by atoms with Gasteiger partial charge in [-0.2, -0.15) is 0 Å². The van der Waals surface area contributed by atoms with E-state index in [1.165, 1.54) is 17.2 Å². The average molecular weight is 381 g/mol. The zero-order valence-corrected chi connectivity index (χ0v) is 16.5. The number of nitrogens with one attached hydrogen (secondary N) is 3. The molecule has 0 amide bonds. The molecule has 25 heavy (non-hydrogen) atoms. The van der Waals surface area contributed by atoms with Crippen molar-refractivity contribution in [3.8, 4) is 0 Å². The third-order valence-corrected chi connectivity index (χ3v) is 4.85. The molecule has 0 aliphatic heterocycles. The number of halogens is 2. The summed E-state index contributed by atoms with van der Waals surface area (Å²) in [7, 11) is 3.93. The maximum atomic E-state index is 14.2. The molecule has 0 unspecified atom stereocenters. The summed E-state index contributed by atoms with van der Waals surface area (Å²) in [6, 6.07) is 10.7. The van der Waals surface area contributed by atoms with Gasteiger partial charge in [0.15, 0.2) is 5.11 Å². The third-order valence-electron chi connectivity index (χ3n) is 4.28. The molecular formula is C19H24ClFN3S+. The van der Waals surface area contributed by atoms with Gasteiger partial charge in [0.2, 0.25) is 0 Å². The van der Waals surface area contributed by atoms with Crippen molar-refractivity contribution in [3.63, 3.8) is 0 Å². The van der Waals surface area contributed by atoms with Gasteiger partial charge in [0.1, 0.15) is 11.9 Å². The molecule has 134 valence electrons. The largest absolute Gasteiger partial charge is 0.356 e. The Kier molecular flexibility index (Phi) is 6.76. The van der Waals surface area contributed by atoms with E-state index >= 15 is 0 Å². The molecule has 0 saturated carbocycles. The number of hydrogen-bond donors (Lipinski definition) is 3. The van der Waals surface area contributed by atoms with Gasteiger partial charge >= 0.3 is 0 Å². The van der Waals surface area contributed by atoms with E-state index in [0.29, 0.717) is 22.2 Å². The lowest BCUT2D eigenvalue weighted by Crippen LogP contribution is -3.07. The first-order valence-electron chi connectivity index (χ1n) is 8.15. The van der Waals surface area contributed by atoms with Crippen LogP contribution < -0.4 is 15.5 Å². The van der Waals surface area contributed by atoms with E-state index in [0.717, 1.165) is 10.6 Å². The molecule has 0 bridgehead atoms. The summed E-state index contributed by atoms with van der Waals surface area (Å²) >= 11 is 11.6. The van der Waals surface area contributed by atoms with E-state index in [1.807, 2.05) is 32.3 Å². The van der Waals surface area contributed by atoms with Crippen LogP contribution in [0.1, 0.15) is 22.7 Å². The van der Waals surface area contributed by atoms with Crippen LogP contribution in [0, 0.1) is 19.7 Å². The molecule has 0 saturated heterocycles. The summed E-state index contributed by atoms with van der Waals surface area (Å²) < 4.78 is 14.2. The summed E-state index contributed by atoms with van der Waals surface area (Å²) in [5, 5.41) is 7.28. The van der Waals surface area contributed by atoms with E-state index in [1.54, 1.807) is 12.1 Å². The van der Waals surface area contributed by atoms with Crippen molar-refractivity contribution >= 4 is 34.6 Å². The topological polar surface area (TPSA) is 28.5 Å². The maximum absolute atomic E-state index is 14.2. The highest BCUT2D eigenvalue weighted by atomic mass is 35.5. The molecule has 2 rings (SSSR count). The first-order valence-corrected chi connectivity index (χ1v) is 8.94. The third kappa shape index (κ3) is 5.14. The molecule has 0 spiro atoms. The Morgan fingerprint density at radius 2 is 1.92 bits per heavy atom. The highest BCUT2D eigenvalue weighted by Crippen LogP contribution is 2.24. The fourth-order valence-corrected chi connectivity index (χ4v) is 3.12. The van der Waals surface area contributed by atoms with Gasteiger partial charge in [-0.3, -0.25) is 0 Å². The molecule has 0 aromatic heterocycles. The number of hydrogen-bond acceptors (Lipinski definition) is 1. The molecule has 0 fully saturated rings. The summed E-state index contributed by atoms with van der Waals surface area (Å²) in [5.74, 6) is -0.298. The average Bonchev–Trinajstić information content (AvgIpc) is 2.53. The number of likely N-dealkylation sites (N-methyl/N-ethyl adjacent to an activating group) is 1. The zero-order chi connectivity index (χ0) is 18.6. The molecular weight excluding hydrogens is 357 g/mol. The second-order valence-corrected chi connectivity index (χ2v) is 7.21. The van der Waals surface area contributed by atoms with Crippen molar-refractivity contribution in [2.45, 2.75) is 19.9 Å². The van der Waals surface area contributed by atoms with Gasteiger partial charge in [0, 0.05) is 5.69 Å². The smallest absolute Gasteiger partial charge is 0.171 e. The summed E-state index contributed by atoms with van der Waals surface area (Å²) in [6.07, 6.45) is 0. The van der Waals surface area contributed by atoms with Gasteiger partial charge in [-0.05, 0) is 61.5 Å². The van der Waals surface area contributed by atoms with E-state index in [9.17, 15) is 4.39 Å². The fourth-order valence-electron chi connectivity index (χ4n) is 2.63. The second-order valence-electron chi connectivity index (χ2n) is 6.40. The van der Waals surface area contributed by atoms with Crippen LogP contribution in [0.3, 0.4) is 0 Å². The van der Waals surface area contributed by atoms with Crippen LogP contribution in [0.2, 0.25) is 5.02 Å². The van der Waals surface area contributed by atoms with E-state index in [4.69, 9.17) is 23.8 Å². The van der Waals surface area contributed by atoms with Crippen molar-refractivity contribution in [1.29, 1.82) is 0 Å². The minimum Gasteiger partial charge on any atom is -0.356 e. The Labute approximate surface area is 159 Å². The van der Waals surface area contributed by atoms with Crippen LogP contribution in [0.5, 0.6) is 0 Å². The maximum Gasteiger partial charge on any atom is 0.171 e. The minimum absolute atomic E-state index is 0.159. The van der Waals surface area contributed by atoms with Crippen molar-refractivity contribution in [2.24, 2.45) is 0 Å². The molecule has 3 nitrogen and oxygen atoms in total. The molecule has 3 N–H and O–H groups in total. The molecule has 6 heteroatoms. The van der Waals surface area contributed by atoms with E-state index < -0.39 is 0 Å². The standard InChI is InChI=1S/C19H23ClFN3S/c1-12-8-9-14(10-13(12)2)23-19(25)22-11-17(24(3)4)18-15(20)6-5-7-16(18)21/h5-10,17H,11H2,1-4H3,(H2,22,23,25)/p+1/t17-/m0/s1. The SMILES string of the molecule is Cc1ccc(NC(=S)NC[C@@H](c2c(F)cccc2Cl)[NH+](C)C)cc1C. The lowest BCUT2D eigenvalue weighted by Gasteiger charge is -2.24. The Bertz CT molecular complexity index is 744. The van der Waals surface area contributed by atoms with Crippen molar-refractivity contribution in [1.82, 2.24) is 5.32 Å². The Morgan fingerprint density at radius 3 is 2.52 bits per heavy atom. The summed E-state index contributed by atoms with van der Waals surface area (Å²) in [6.45, 7) is 4.60. The molecule has 0 aliphatic carbocycles. The molecule has 0 aliphatic rings. The Balaban J connectivity index is 2.06. The quantitative estimate of drug-likeness (QED) is 0.695. The van der Waals surface area contributed by atoms with Gasteiger partial charge in [0.25, 0.3) is 0 Å². The van der Waals surface area contributed by atoms with Gasteiger partial charge in [-0.1, -0.05) is 23.7 Å². The molecule has 1 atom stereocenters. The molecule has 0 heterocycles. The van der Waals surface area contributed by atoms with Crippen LogP contribution in [0.25, 0.3) is 0 Å². The van der Waals surface area contributed by atoms with Crippen molar-refractivity contribution in [3.05, 3.63) is 63.9 Å². The van der Waals surface area contributed by atoms with Crippen LogP contribution in [-0.4, -0.2) is 25.8 Å². The van der Waals surface area contributed by atoms with Crippen LogP contribution in [0.4, 0.5) is 10.1 Å². The van der Waals surface area contributed by atoms with Crippen LogP contribution in [-0.2, 0) is 0 Å². The van der Waals surface area contributed by atoms with Crippen LogP contribution in [0.15, 0.2) is 36.4 Å².